The van der Waals surface area contributed by atoms with Crippen molar-refractivity contribution < 1.29 is 8.83 Å². The van der Waals surface area contributed by atoms with E-state index in [1.807, 2.05) is 36.4 Å². The van der Waals surface area contributed by atoms with Gasteiger partial charge in [-0.2, -0.15) is 0 Å². The first kappa shape index (κ1) is 15.7. The number of furan rings is 2. The third-order valence-corrected chi connectivity index (χ3v) is 4.11. The highest BCUT2D eigenvalue weighted by molar-refractivity contribution is 5.99. The smallest absolute Gasteiger partial charge is 0.135 e. The fraction of sp³-hybridized carbons (Fsp3) is 0. The van der Waals surface area contributed by atoms with E-state index in [1.54, 1.807) is 24.3 Å². The molecule has 0 unspecified atom stereocenters. The summed E-state index contributed by atoms with van der Waals surface area (Å²) in [6, 6.07) is 14.6. The van der Waals surface area contributed by atoms with Gasteiger partial charge in [0, 0.05) is 21.9 Å². The van der Waals surface area contributed by atoms with E-state index in [0.717, 1.165) is 10.8 Å². The molecule has 2 aromatic carbocycles. The quantitative estimate of drug-likeness (QED) is 0.330. The predicted molar refractivity (Wildman–Crippen MR) is 103 cm³/mol. The summed E-state index contributed by atoms with van der Waals surface area (Å²) >= 11 is 0. The minimum absolute atomic E-state index is 0.00704. The Hall–Kier alpha value is -3.80. The molecule has 6 nitrogen and oxygen atoms in total. The molecule has 0 spiro atoms. The van der Waals surface area contributed by atoms with Gasteiger partial charge in [0.05, 0.1) is 0 Å². The summed E-state index contributed by atoms with van der Waals surface area (Å²) in [4.78, 5) is 0. The second-order valence-electron chi connectivity index (χ2n) is 5.96. The first-order valence-electron chi connectivity index (χ1n) is 7.94. The van der Waals surface area contributed by atoms with Crippen LogP contribution in [0.5, 0.6) is 0 Å². The van der Waals surface area contributed by atoms with Gasteiger partial charge in [-0.1, -0.05) is 24.3 Å². The number of benzene rings is 2. The average molecular weight is 344 g/mol. The van der Waals surface area contributed by atoms with Gasteiger partial charge < -0.3 is 20.3 Å². The lowest BCUT2D eigenvalue weighted by Gasteiger charge is -1.96. The van der Waals surface area contributed by atoms with E-state index in [1.165, 1.54) is 0 Å². The molecule has 0 bridgehead atoms. The van der Waals surface area contributed by atoms with Crippen molar-refractivity contribution >= 4 is 45.8 Å². The van der Waals surface area contributed by atoms with Crippen LogP contribution in [-0.4, -0.2) is 11.7 Å². The Morgan fingerprint density at radius 2 is 1.12 bits per heavy atom. The number of fused-ring (bicyclic) bond motifs is 2. The number of nitrogen functional groups attached to an aromatic ring is 2. The Morgan fingerprint density at radius 3 is 1.50 bits per heavy atom. The normalized spacial score (nSPS) is 11.5. The summed E-state index contributed by atoms with van der Waals surface area (Å²) in [5.74, 6) is 1.36. The number of nitrogens with two attached hydrogens (primary N) is 2. The fourth-order valence-electron chi connectivity index (χ4n) is 2.77. The summed E-state index contributed by atoms with van der Waals surface area (Å²) in [6.45, 7) is 0. The van der Waals surface area contributed by atoms with Crippen LogP contribution in [0.4, 0.5) is 0 Å². The van der Waals surface area contributed by atoms with Gasteiger partial charge in [-0.15, -0.1) is 0 Å². The summed E-state index contributed by atoms with van der Waals surface area (Å²) in [5, 5.41) is 16.9. The van der Waals surface area contributed by atoms with Gasteiger partial charge in [-0.05, 0) is 36.4 Å². The lowest BCUT2D eigenvalue weighted by Crippen LogP contribution is -2.10. The molecule has 2 heterocycles. The lowest BCUT2D eigenvalue weighted by atomic mass is 10.1. The molecular formula is C20H16N4O2. The third kappa shape index (κ3) is 2.84. The number of rotatable bonds is 4. The van der Waals surface area contributed by atoms with E-state index >= 15 is 0 Å². The molecular weight excluding hydrogens is 328 g/mol. The predicted octanol–water partition coefficient (Wildman–Crippen LogP) is 3.92. The molecule has 2 aromatic heterocycles. The minimum atomic E-state index is 0.00704. The Labute approximate surface area is 148 Å². The number of amidine groups is 2. The summed E-state index contributed by atoms with van der Waals surface area (Å²) in [6.07, 6.45) is 3.63. The van der Waals surface area contributed by atoms with Crippen LogP contribution in [0, 0.1) is 10.8 Å². The van der Waals surface area contributed by atoms with E-state index in [-0.39, 0.29) is 11.7 Å². The van der Waals surface area contributed by atoms with Gasteiger partial charge in [-0.25, -0.2) is 0 Å². The summed E-state index contributed by atoms with van der Waals surface area (Å²) in [5.41, 5.74) is 13.6. The van der Waals surface area contributed by atoms with E-state index < -0.39 is 0 Å². The molecule has 0 saturated heterocycles. The minimum Gasteiger partial charge on any atom is -0.457 e. The van der Waals surface area contributed by atoms with Crippen molar-refractivity contribution in [3.63, 3.8) is 0 Å². The topological polar surface area (TPSA) is 126 Å². The molecule has 6 N–H and O–H groups in total. The van der Waals surface area contributed by atoms with Gasteiger partial charge in [0.15, 0.2) is 0 Å². The van der Waals surface area contributed by atoms with Crippen LogP contribution in [0.2, 0.25) is 0 Å². The van der Waals surface area contributed by atoms with Crippen LogP contribution in [0.3, 0.4) is 0 Å². The van der Waals surface area contributed by atoms with Gasteiger partial charge >= 0.3 is 0 Å². The molecule has 0 atom stereocenters. The average Bonchev–Trinajstić information content (AvgIpc) is 3.21. The van der Waals surface area contributed by atoms with Gasteiger partial charge in [0.2, 0.25) is 0 Å². The Kier molecular flexibility index (Phi) is 3.58. The molecule has 0 radical (unpaired) electrons. The molecule has 6 heteroatoms. The van der Waals surface area contributed by atoms with Crippen molar-refractivity contribution in [1.82, 2.24) is 0 Å². The van der Waals surface area contributed by atoms with Gasteiger partial charge in [0.25, 0.3) is 0 Å². The number of hydrogen-bond donors (Lipinski definition) is 4. The van der Waals surface area contributed by atoms with Crippen LogP contribution in [0.25, 0.3) is 34.1 Å². The van der Waals surface area contributed by atoms with Crippen molar-refractivity contribution in [3.05, 3.63) is 71.2 Å². The van der Waals surface area contributed by atoms with Crippen LogP contribution in [-0.2, 0) is 0 Å². The number of hydrogen-bond acceptors (Lipinski definition) is 4. The van der Waals surface area contributed by atoms with Crippen molar-refractivity contribution in [1.29, 1.82) is 10.8 Å². The van der Waals surface area contributed by atoms with Gasteiger partial charge in [-0.3, -0.25) is 10.8 Å². The maximum absolute atomic E-state index is 7.49. The molecule has 0 aliphatic rings. The largest absolute Gasteiger partial charge is 0.457 e. The van der Waals surface area contributed by atoms with Crippen molar-refractivity contribution in [3.8, 4) is 0 Å². The molecule has 4 aromatic rings. The third-order valence-electron chi connectivity index (χ3n) is 4.11. The van der Waals surface area contributed by atoms with E-state index in [0.29, 0.717) is 33.8 Å². The zero-order valence-corrected chi connectivity index (χ0v) is 13.7. The highest BCUT2D eigenvalue weighted by atomic mass is 16.3. The molecule has 0 aliphatic carbocycles. The van der Waals surface area contributed by atoms with Crippen LogP contribution in [0.15, 0.2) is 57.4 Å². The molecule has 26 heavy (non-hydrogen) atoms. The maximum atomic E-state index is 7.49. The first-order chi connectivity index (χ1) is 12.5. The highest BCUT2D eigenvalue weighted by Crippen LogP contribution is 2.25. The second-order valence-corrected chi connectivity index (χ2v) is 5.96. The molecule has 0 fully saturated rings. The summed E-state index contributed by atoms with van der Waals surface area (Å²) < 4.78 is 11.6. The first-order valence-corrected chi connectivity index (χ1v) is 7.94. The lowest BCUT2D eigenvalue weighted by molar-refractivity contribution is 0.599. The summed E-state index contributed by atoms with van der Waals surface area (Å²) in [7, 11) is 0. The molecule has 0 amide bonds. The number of nitrogens with one attached hydrogen (secondary N) is 2. The Bertz CT molecular complexity index is 1100. The monoisotopic (exact) mass is 344 g/mol. The highest BCUT2D eigenvalue weighted by Gasteiger charge is 2.06. The van der Waals surface area contributed by atoms with Gasteiger partial charge in [0.1, 0.15) is 34.4 Å². The van der Waals surface area contributed by atoms with Crippen molar-refractivity contribution in [2.75, 3.05) is 0 Å². The Morgan fingerprint density at radius 1 is 0.692 bits per heavy atom. The second kappa shape index (κ2) is 5.93. The molecule has 128 valence electrons. The molecule has 0 saturated carbocycles. The van der Waals surface area contributed by atoms with Crippen LogP contribution < -0.4 is 11.5 Å². The van der Waals surface area contributed by atoms with Crippen molar-refractivity contribution in [2.45, 2.75) is 0 Å². The van der Waals surface area contributed by atoms with Crippen LogP contribution in [0.1, 0.15) is 22.6 Å². The van der Waals surface area contributed by atoms with Crippen molar-refractivity contribution in [2.24, 2.45) is 11.5 Å². The SMILES string of the molecule is N=C(N)c1ccc2cc(/C=C/c3cc4ccc(C(=N)N)cc4o3)oc2c1. The van der Waals surface area contributed by atoms with E-state index in [9.17, 15) is 0 Å². The maximum Gasteiger partial charge on any atom is 0.135 e. The Balaban J connectivity index is 1.65. The van der Waals surface area contributed by atoms with Crippen LogP contribution >= 0.6 is 0 Å². The zero-order chi connectivity index (χ0) is 18.3. The van der Waals surface area contributed by atoms with E-state index in [2.05, 4.69) is 0 Å². The van der Waals surface area contributed by atoms with E-state index in [4.69, 9.17) is 31.1 Å². The molecule has 4 rings (SSSR count). The molecule has 0 aliphatic heterocycles. The fourth-order valence-corrected chi connectivity index (χ4v) is 2.77. The standard InChI is InChI=1S/C20H16N4O2/c21-19(22)13-3-1-11-7-15(25-17(11)9-13)5-6-16-8-12-2-4-14(20(23)24)10-18(12)26-16/h1-10H,(H3,21,22)(H3,23,24)/b6-5+. The zero-order valence-electron chi connectivity index (χ0n) is 13.7.